The molecule has 0 amide bonds. The average Bonchev–Trinajstić information content (AvgIpc) is 3.24. The Morgan fingerprint density at radius 3 is 2.53 bits per heavy atom. The minimum Gasteiger partial charge on any atom is -0.339 e. The van der Waals surface area contributed by atoms with E-state index in [0.29, 0.717) is 11.5 Å². The van der Waals surface area contributed by atoms with E-state index in [9.17, 15) is 8.42 Å². The van der Waals surface area contributed by atoms with Gasteiger partial charge in [-0.1, -0.05) is 24.3 Å². The smallest absolute Gasteiger partial charge is 0.222 e. The summed E-state index contributed by atoms with van der Waals surface area (Å²) < 4.78 is 24.0. The third-order valence-corrected chi connectivity index (χ3v) is 5.25. The zero-order valence-electron chi connectivity index (χ0n) is 15.5. The molecule has 148 valence electrons. The van der Waals surface area contributed by atoms with Crippen LogP contribution in [0.3, 0.4) is 0 Å². The number of fused-ring (bicyclic) bond motifs is 2. The summed E-state index contributed by atoms with van der Waals surface area (Å²) in [6.45, 7) is 0. The second-order valence-electron chi connectivity index (χ2n) is 6.66. The number of nitrogens with zero attached hydrogens (tertiary/aromatic N) is 3. The molecule has 0 aliphatic heterocycles. The Morgan fingerprint density at radius 2 is 1.70 bits per heavy atom. The maximum Gasteiger partial charge on any atom is 0.222 e. The summed E-state index contributed by atoms with van der Waals surface area (Å²) in [5.41, 5.74) is 5.10. The van der Waals surface area contributed by atoms with Gasteiger partial charge in [0.2, 0.25) is 10.9 Å². The fraction of sp³-hybridized carbons (Fsp3) is 0. The van der Waals surface area contributed by atoms with Crippen molar-refractivity contribution in [2.24, 2.45) is 0 Å². The molecule has 3 aromatic carbocycles. The number of H-pyrrole nitrogens is 1. The Hall–Kier alpha value is -3.98. The van der Waals surface area contributed by atoms with Crippen LogP contribution >= 0.6 is 0 Å². The highest BCUT2D eigenvalue weighted by atomic mass is 32.2. The van der Waals surface area contributed by atoms with Gasteiger partial charge < -0.3 is 5.32 Å². The van der Waals surface area contributed by atoms with Crippen LogP contribution in [0.2, 0.25) is 0 Å². The molecular weight excluding hydrogens is 400 g/mol. The lowest BCUT2D eigenvalue weighted by Crippen LogP contribution is -1.97. The van der Waals surface area contributed by atoms with Crippen molar-refractivity contribution in [1.82, 2.24) is 20.2 Å². The van der Waals surface area contributed by atoms with Crippen LogP contribution in [0.4, 0.5) is 17.2 Å². The summed E-state index contributed by atoms with van der Waals surface area (Å²) in [7, 11) is -2.68. The first-order chi connectivity index (χ1) is 14.7. The number of hydrogen-bond acceptors (Lipinski definition) is 6. The van der Waals surface area contributed by atoms with E-state index < -0.39 is 10.9 Å². The molecule has 3 N–H and O–H groups in total. The van der Waals surface area contributed by atoms with Gasteiger partial charge in [0.15, 0.2) is 0 Å². The molecule has 0 aliphatic carbocycles. The van der Waals surface area contributed by atoms with Crippen molar-refractivity contribution in [3.8, 4) is 11.1 Å². The third-order valence-electron chi connectivity index (χ3n) is 4.81. The highest BCUT2D eigenvalue weighted by molar-refractivity contribution is 7.73. The monoisotopic (exact) mass is 416 g/mol. The summed E-state index contributed by atoms with van der Waals surface area (Å²) in [6.07, 6.45) is 3.31. The second kappa shape index (κ2) is 7.45. The molecule has 2 heterocycles. The first-order valence-electron chi connectivity index (χ1n) is 9.13. The number of aromatic amines is 1. The molecule has 0 radical (unpaired) electrons. The minimum atomic E-state index is -2.68. The van der Waals surface area contributed by atoms with Crippen LogP contribution in [0.1, 0.15) is 0 Å². The Labute approximate surface area is 173 Å². The lowest BCUT2D eigenvalue weighted by molar-refractivity contribution is 0.619. The molecule has 0 saturated heterocycles. The molecule has 0 atom stereocenters. The molecular formula is C21H16N6O2S. The summed E-state index contributed by atoms with van der Waals surface area (Å²) in [5.74, 6) is 0.692. The normalized spacial score (nSPS) is 11.2. The first-order valence-corrected chi connectivity index (χ1v) is 10.3. The summed E-state index contributed by atoms with van der Waals surface area (Å²) in [6, 6.07) is 19.0. The minimum absolute atomic E-state index is 0.523. The van der Waals surface area contributed by atoms with E-state index in [4.69, 9.17) is 0 Å². The van der Waals surface area contributed by atoms with E-state index in [1.807, 2.05) is 48.5 Å². The van der Waals surface area contributed by atoms with Crippen molar-refractivity contribution in [1.29, 1.82) is 0 Å². The number of anilines is 3. The average molecular weight is 416 g/mol. The number of rotatable bonds is 5. The van der Waals surface area contributed by atoms with Crippen molar-refractivity contribution >= 4 is 49.9 Å². The van der Waals surface area contributed by atoms with Crippen molar-refractivity contribution < 1.29 is 8.42 Å². The topological polar surface area (TPSA) is 113 Å². The van der Waals surface area contributed by atoms with Gasteiger partial charge in [-0.15, -0.1) is 0 Å². The van der Waals surface area contributed by atoms with Gasteiger partial charge in [-0.3, -0.25) is 9.82 Å². The van der Waals surface area contributed by atoms with E-state index in [2.05, 4.69) is 30.2 Å². The predicted octanol–water partition coefficient (Wildman–Crippen LogP) is 3.86. The number of nitrogens with one attached hydrogen (secondary N) is 3. The van der Waals surface area contributed by atoms with E-state index in [1.54, 1.807) is 18.3 Å². The standard InChI is InChI=1S/C21H16N6O2S/c28-30(29)27-15-7-4-13(5-8-15)14-6-9-18-16(10-14)21(23-12-22-18)25-19-2-1-3-20-17(19)11-24-26-20/h1-12,30H,(H,24,26)(H,22,23,25)(H,27,28,29). The van der Waals surface area contributed by atoms with Crippen molar-refractivity contribution in [2.75, 3.05) is 10.0 Å². The number of benzene rings is 3. The van der Waals surface area contributed by atoms with Gasteiger partial charge in [-0.2, -0.15) is 5.10 Å². The van der Waals surface area contributed by atoms with Crippen LogP contribution in [0.5, 0.6) is 0 Å². The van der Waals surface area contributed by atoms with Gasteiger partial charge >= 0.3 is 0 Å². The van der Waals surface area contributed by atoms with Gasteiger partial charge in [-0.05, 0) is 47.5 Å². The number of hydrogen-bond donors (Lipinski definition) is 4. The maximum atomic E-state index is 10.8. The van der Waals surface area contributed by atoms with Gasteiger partial charge in [0.05, 0.1) is 22.9 Å². The molecule has 30 heavy (non-hydrogen) atoms. The third kappa shape index (κ3) is 3.42. The number of aromatic nitrogens is 4. The zero-order valence-corrected chi connectivity index (χ0v) is 16.4. The molecule has 5 rings (SSSR count). The van der Waals surface area contributed by atoms with Crippen LogP contribution in [0, 0.1) is 0 Å². The zero-order chi connectivity index (χ0) is 20.5. The highest BCUT2D eigenvalue weighted by Crippen LogP contribution is 2.31. The van der Waals surface area contributed by atoms with Crippen LogP contribution < -0.4 is 10.0 Å². The molecule has 0 aliphatic rings. The van der Waals surface area contributed by atoms with Crippen molar-refractivity contribution in [3.63, 3.8) is 0 Å². The van der Waals surface area contributed by atoms with Crippen molar-refractivity contribution in [2.45, 2.75) is 0 Å². The first kappa shape index (κ1) is 18.1. The number of thiol groups is 1. The Bertz CT molecular complexity index is 1440. The lowest BCUT2D eigenvalue weighted by atomic mass is 10.0. The molecule has 0 bridgehead atoms. The van der Waals surface area contributed by atoms with Crippen LogP contribution in [-0.4, -0.2) is 28.6 Å². The molecule has 2 aromatic heterocycles. The van der Waals surface area contributed by atoms with E-state index in [1.165, 1.54) is 6.33 Å². The molecule has 0 spiro atoms. The molecule has 9 heteroatoms. The van der Waals surface area contributed by atoms with E-state index in [-0.39, 0.29) is 0 Å². The SMILES string of the molecule is O=[SH](=O)Nc1ccc(-c2ccc3ncnc(Nc4cccc5[nH]ncc45)c3c2)cc1. The molecule has 0 saturated carbocycles. The summed E-state index contributed by atoms with van der Waals surface area (Å²) >= 11 is 0. The Balaban J connectivity index is 1.55. The maximum absolute atomic E-state index is 10.8. The quantitative estimate of drug-likeness (QED) is 0.324. The lowest BCUT2D eigenvalue weighted by Gasteiger charge is -2.11. The molecule has 8 nitrogen and oxygen atoms in total. The second-order valence-corrected chi connectivity index (χ2v) is 7.40. The van der Waals surface area contributed by atoms with Crippen LogP contribution in [0.25, 0.3) is 32.9 Å². The van der Waals surface area contributed by atoms with Gasteiger partial charge in [0.1, 0.15) is 12.1 Å². The van der Waals surface area contributed by atoms with Gasteiger partial charge in [0.25, 0.3) is 0 Å². The van der Waals surface area contributed by atoms with Crippen LogP contribution in [0.15, 0.2) is 73.2 Å². The Morgan fingerprint density at radius 1 is 0.867 bits per heavy atom. The predicted molar refractivity (Wildman–Crippen MR) is 118 cm³/mol. The summed E-state index contributed by atoms with van der Waals surface area (Å²) in [5, 5.41) is 12.3. The van der Waals surface area contributed by atoms with E-state index in [0.717, 1.165) is 38.6 Å². The largest absolute Gasteiger partial charge is 0.339 e. The molecule has 0 unspecified atom stereocenters. The highest BCUT2D eigenvalue weighted by Gasteiger charge is 2.09. The molecule has 0 fully saturated rings. The summed E-state index contributed by atoms with van der Waals surface area (Å²) in [4.78, 5) is 8.82. The van der Waals surface area contributed by atoms with Gasteiger partial charge in [0, 0.05) is 16.5 Å². The van der Waals surface area contributed by atoms with Crippen molar-refractivity contribution in [3.05, 3.63) is 73.2 Å². The van der Waals surface area contributed by atoms with Gasteiger partial charge in [-0.25, -0.2) is 18.4 Å². The fourth-order valence-electron chi connectivity index (χ4n) is 3.38. The molecule has 5 aromatic rings. The fourth-order valence-corrected chi connectivity index (χ4v) is 3.74. The Kier molecular flexibility index (Phi) is 4.49. The van der Waals surface area contributed by atoms with E-state index >= 15 is 0 Å². The van der Waals surface area contributed by atoms with Crippen LogP contribution in [-0.2, 0) is 10.9 Å².